The van der Waals surface area contributed by atoms with Gasteiger partial charge in [0.15, 0.2) is 29.2 Å². The van der Waals surface area contributed by atoms with Crippen LogP contribution < -0.4 is 15.5 Å². The van der Waals surface area contributed by atoms with E-state index in [2.05, 4.69) is 26.6 Å². The van der Waals surface area contributed by atoms with Gasteiger partial charge in [-0.3, -0.25) is 0 Å². The Morgan fingerprint density at radius 1 is 1.17 bits per heavy atom. The lowest BCUT2D eigenvalue weighted by Gasteiger charge is -2.33. The molecule has 1 aromatic heterocycles. The quantitative estimate of drug-likeness (QED) is 0.190. The Labute approximate surface area is 188 Å². The van der Waals surface area contributed by atoms with Crippen molar-refractivity contribution in [3.8, 4) is 0 Å². The fraction of sp³-hybridized carbons (Fsp3) is 0.421. The summed E-state index contributed by atoms with van der Waals surface area (Å²) in [7, 11) is 0. The molecule has 1 saturated heterocycles. The average molecular weight is 542 g/mol. The Kier molecular flexibility index (Phi) is 9.00. The van der Waals surface area contributed by atoms with Gasteiger partial charge in [0.05, 0.1) is 17.1 Å². The predicted octanol–water partition coefficient (Wildman–Crippen LogP) is 4.65. The van der Waals surface area contributed by atoms with Crippen molar-refractivity contribution in [2.75, 3.05) is 24.5 Å². The van der Waals surface area contributed by atoms with E-state index in [0.29, 0.717) is 12.5 Å². The summed E-state index contributed by atoms with van der Waals surface area (Å²) < 4.78 is 54.3. The van der Waals surface area contributed by atoms with E-state index in [0.717, 1.165) is 25.9 Å². The summed E-state index contributed by atoms with van der Waals surface area (Å²) in [6.45, 7) is 3.67. The molecule has 0 bridgehead atoms. The summed E-state index contributed by atoms with van der Waals surface area (Å²) in [5.74, 6) is -5.32. The second-order valence-corrected chi connectivity index (χ2v) is 7.42. The minimum atomic E-state index is -1.43. The van der Waals surface area contributed by atoms with E-state index in [1.54, 1.807) is 11.3 Å². The first-order valence-electron chi connectivity index (χ1n) is 9.14. The van der Waals surface area contributed by atoms with Crippen molar-refractivity contribution in [2.45, 2.75) is 32.4 Å². The maximum absolute atomic E-state index is 13.8. The maximum Gasteiger partial charge on any atom is 0.191 e. The van der Waals surface area contributed by atoms with E-state index in [-0.39, 0.29) is 36.1 Å². The van der Waals surface area contributed by atoms with Gasteiger partial charge < -0.3 is 15.5 Å². The first-order valence-corrected chi connectivity index (χ1v) is 10.0. The molecule has 0 radical (unpaired) electrons. The number of halogens is 5. The molecule has 1 aliphatic rings. The molecule has 0 unspecified atom stereocenters. The molecule has 0 atom stereocenters. The molecule has 2 N–H and O–H groups in total. The second kappa shape index (κ2) is 11.0. The summed E-state index contributed by atoms with van der Waals surface area (Å²) >= 11 is 1.70. The van der Waals surface area contributed by atoms with Crippen LogP contribution in [0, 0.1) is 23.3 Å². The van der Waals surface area contributed by atoms with Gasteiger partial charge in [-0.1, -0.05) is 0 Å². The molecule has 2 heterocycles. The van der Waals surface area contributed by atoms with Crippen molar-refractivity contribution in [3.05, 3.63) is 52.4 Å². The van der Waals surface area contributed by atoms with Gasteiger partial charge in [-0.25, -0.2) is 22.6 Å². The molecule has 29 heavy (non-hydrogen) atoms. The molecule has 1 aliphatic heterocycles. The molecule has 10 heteroatoms. The molecule has 0 spiro atoms. The van der Waals surface area contributed by atoms with Crippen molar-refractivity contribution in [2.24, 2.45) is 4.99 Å². The van der Waals surface area contributed by atoms with Crippen molar-refractivity contribution in [3.63, 3.8) is 0 Å². The molecule has 0 aliphatic carbocycles. The van der Waals surface area contributed by atoms with Crippen LogP contribution in [0.15, 0.2) is 28.6 Å². The van der Waals surface area contributed by atoms with Crippen molar-refractivity contribution in [1.29, 1.82) is 0 Å². The number of hydrogen-bond acceptors (Lipinski definition) is 3. The van der Waals surface area contributed by atoms with Crippen LogP contribution in [-0.2, 0) is 6.54 Å². The number of nitrogens with one attached hydrogen (secondary N) is 2. The zero-order valence-electron chi connectivity index (χ0n) is 15.9. The summed E-state index contributed by atoms with van der Waals surface area (Å²) in [5.41, 5.74) is -0.720. The van der Waals surface area contributed by atoms with Gasteiger partial charge in [-0.2, -0.15) is 0 Å². The number of rotatable bonds is 5. The zero-order chi connectivity index (χ0) is 20.1. The number of anilines is 1. The molecule has 160 valence electrons. The van der Waals surface area contributed by atoms with Crippen LogP contribution >= 0.6 is 35.3 Å². The van der Waals surface area contributed by atoms with Crippen molar-refractivity contribution < 1.29 is 17.6 Å². The number of nitrogens with zero attached hydrogens (tertiary/aromatic N) is 2. The van der Waals surface area contributed by atoms with Crippen LogP contribution in [0.4, 0.5) is 22.6 Å². The largest absolute Gasteiger partial charge is 0.363 e. The maximum atomic E-state index is 13.8. The summed E-state index contributed by atoms with van der Waals surface area (Å²) in [5, 5.41) is 9.53. The first-order chi connectivity index (χ1) is 13.5. The fourth-order valence-electron chi connectivity index (χ4n) is 3.13. The normalized spacial score (nSPS) is 15.2. The summed E-state index contributed by atoms with van der Waals surface area (Å²) in [6.07, 6.45) is 1.75. The topological polar surface area (TPSA) is 39.7 Å². The van der Waals surface area contributed by atoms with E-state index >= 15 is 0 Å². The molecular formula is C19H23F4IN4S. The molecule has 4 nitrogen and oxygen atoms in total. The Morgan fingerprint density at radius 3 is 2.38 bits per heavy atom. The van der Waals surface area contributed by atoms with Crippen LogP contribution in [0.3, 0.4) is 0 Å². The van der Waals surface area contributed by atoms with Gasteiger partial charge in [0.2, 0.25) is 0 Å². The Balaban J connectivity index is 0.00000300. The lowest BCUT2D eigenvalue weighted by Crippen LogP contribution is -2.48. The molecule has 1 fully saturated rings. The predicted molar refractivity (Wildman–Crippen MR) is 119 cm³/mol. The average Bonchev–Trinajstić information content (AvgIpc) is 3.22. The van der Waals surface area contributed by atoms with Crippen LogP contribution in [0.5, 0.6) is 0 Å². The number of aliphatic imine (C=N–C) groups is 1. The highest BCUT2D eigenvalue weighted by Crippen LogP contribution is 2.25. The van der Waals surface area contributed by atoms with Crippen molar-refractivity contribution >= 4 is 46.3 Å². The SMILES string of the molecule is CCNC(=NCc1c(F)c(F)cc(F)c1F)NC1CCN(c2cccs2)CC1.I. The monoisotopic (exact) mass is 542 g/mol. The van der Waals surface area contributed by atoms with Gasteiger partial charge in [0.1, 0.15) is 0 Å². The minimum Gasteiger partial charge on any atom is -0.363 e. The zero-order valence-corrected chi connectivity index (χ0v) is 19.0. The number of thiophene rings is 1. The number of benzene rings is 1. The van der Waals surface area contributed by atoms with Crippen LogP contribution in [0.2, 0.25) is 0 Å². The molecule has 2 aromatic rings. The third kappa shape index (κ3) is 5.97. The van der Waals surface area contributed by atoms with Crippen LogP contribution in [-0.4, -0.2) is 31.6 Å². The van der Waals surface area contributed by atoms with Crippen molar-refractivity contribution in [1.82, 2.24) is 10.6 Å². The van der Waals surface area contributed by atoms with Gasteiger partial charge in [0, 0.05) is 31.7 Å². The van der Waals surface area contributed by atoms with E-state index in [9.17, 15) is 17.6 Å². The Bertz CT molecular complexity index is 798. The summed E-state index contributed by atoms with van der Waals surface area (Å²) in [4.78, 5) is 6.43. The third-order valence-corrected chi connectivity index (χ3v) is 5.52. The smallest absolute Gasteiger partial charge is 0.191 e. The Hall–Kier alpha value is -1.56. The minimum absolute atomic E-state index is 0. The lowest BCUT2D eigenvalue weighted by atomic mass is 10.1. The van der Waals surface area contributed by atoms with Gasteiger partial charge in [0.25, 0.3) is 0 Å². The highest BCUT2D eigenvalue weighted by Gasteiger charge is 2.22. The van der Waals surface area contributed by atoms with Gasteiger partial charge in [-0.05, 0) is 37.3 Å². The Morgan fingerprint density at radius 2 is 1.83 bits per heavy atom. The first kappa shape index (κ1) is 23.7. The molecule has 3 rings (SSSR count). The molecular weight excluding hydrogens is 519 g/mol. The number of piperidine rings is 1. The van der Waals surface area contributed by atoms with Crippen LogP contribution in [0.25, 0.3) is 0 Å². The number of hydrogen-bond donors (Lipinski definition) is 2. The van der Waals surface area contributed by atoms with Gasteiger partial charge >= 0.3 is 0 Å². The third-order valence-electron chi connectivity index (χ3n) is 4.60. The molecule has 0 amide bonds. The summed E-state index contributed by atoms with van der Waals surface area (Å²) in [6, 6.07) is 4.45. The highest BCUT2D eigenvalue weighted by atomic mass is 127. The van der Waals surface area contributed by atoms with E-state index in [4.69, 9.17) is 0 Å². The van der Waals surface area contributed by atoms with E-state index < -0.39 is 35.4 Å². The second-order valence-electron chi connectivity index (χ2n) is 6.50. The van der Waals surface area contributed by atoms with Gasteiger partial charge in [-0.15, -0.1) is 35.3 Å². The lowest BCUT2D eigenvalue weighted by molar-refractivity contribution is 0.438. The van der Waals surface area contributed by atoms with E-state index in [1.807, 2.05) is 18.4 Å². The fourth-order valence-corrected chi connectivity index (χ4v) is 3.91. The van der Waals surface area contributed by atoms with E-state index in [1.165, 1.54) is 5.00 Å². The molecule has 0 saturated carbocycles. The van der Waals surface area contributed by atoms with Crippen LogP contribution in [0.1, 0.15) is 25.3 Å². The molecule has 1 aromatic carbocycles. The highest BCUT2D eigenvalue weighted by molar-refractivity contribution is 14.0. The standard InChI is InChI=1S/C19H22F4N4S.HI/c1-2-24-19(25-11-13-17(22)14(20)10-15(21)18(13)23)26-12-5-7-27(8-6-12)16-4-3-9-28-16;/h3-4,9-10,12H,2,5-8,11H2,1H3,(H2,24,25,26);1H. The number of guanidine groups is 1.